The lowest BCUT2D eigenvalue weighted by molar-refractivity contribution is 0.411. The van der Waals surface area contributed by atoms with E-state index in [1.807, 2.05) is 37.2 Å². The molecule has 0 aliphatic heterocycles. The smallest absolute Gasteiger partial charge is 0.120 e. The van der Waals surface area contributed by atoms with Crippen LogP contribution in [0, 0.1) is 0 Å². The molecular formula is C16H19ClN2O2. The van der Waals surface area contributed by atoms with Crippen LogP contribution in [0.4, 0.5) is 11.4 Å². The molecule has 112 valence electrons. The highest BCUT2D eigenvalue weighted by molar-refractivity contribution is 6.33. The van der Waals surface area contributed by atoms with Crippen LogP contribution in [0.5, 0.6) is 11.5 Å². The molecule has 0 aliphatic rings. The number of nitrogens with zero attached hydrogens (tertiary/aromatic N) is 1. The van der Waals surface area contributed by atoms with Crippen LogP contribution in [0.2, 0.25) is 5.02 Å². The summed E-state index contributed by atoms with van der Waals surface area (Å²) in [5.41, 5.74) is 2.63. The summed E-state index contributed by atoms with van der Waals surface area (Å²) in [5.74, 6) is 0.949. The molecule has 2 aromatic carbocycles. The first-order valence-electron chi connectivity index (χ1n) is 6.58. The van der Waals surface area contributed by atoms with E-state index in [1.54, 1.807) is 25.3 Å². The molecule has 0 saturated carbocycles. The van der Waals surface area contributed by atoms with Gasteiger partial charge in [-0.05, 0) is 36.4 Å². The number of aromatic hydroxyl groups is 1. The molecule has 0 saturated heterocycles. The SMILES string of the molecule is COc1ccc(O)c(CNc2ccc(N(C)C)c(Cl)c2)c1. The van der Waals surface area contributed by atoms with E-state index < -0.39 is 0 Å². The number of hydrogen-bond donors (Lipinski definition) is 2. The maximum Gasteiger partial charge on any atom is 0.120 e. The minimum absolute atomic E-state index is 0.235. The predicted molar refractivity (Wildman–Crippen MR) is 87.8 cm³/mol. The number of halogens is 1. The molecule has 0 radical (unpaired) electrons. The van der Waals surface area contributed by atoms with Crippen LogP contribution < -0.4 is 15.0 Å². The first kappa shape index (κ1) is 15.3. The van der Waals surface area contributed by atoms with Crippen molar-refractivity contribution in [3.05, 3.63) is 47.0 Å². The van der Waals surface area contributed by atoms with Gasteiger partial charge in [0, 0.05) is 31.9 Å². The van der Waals surface area contributed by atoms with E-state index in [4.69, 9.17) is 16.3 Å². The van der Waals surface area contributed by atoms with Crippen molar-refractivity contribution < 1.29 is 9.84 Å². The van der Waals surface area contributed by atoms with E-state index in [2.05, 4.69) is 5.32 Å². The number of benzene rings is 2. The summed E-state index contributed by atoms with van der Waals surface area (Å²) in [4.78, 5) is 1.96. The Kier molecular flexibility index (Phi) is 4.81. The lowest BCUT2D eigenvalue weighted by Crippen LogP contribution is -2.09. The summed E-state index contributed by atoms with van der Waals surface area (Å²) in [5, 5.41) is 13.8. The zero-order chi connectivity index (χ0) is 15.4. The summed E-state index contributed by atoms with van der Waals surface area (Å²) in [6, 6.07) is 10.9. The minimum Gasteiger partial charge on any atom is -0.508 e. The Hall–Kier alpha value is -2.07. The molecule has 0 heterocycles. The molecule has 21 heavy (non-hydrogen) atoms. The average molecular weight is 307 g/mol. The number of phenolic OH excluding ortho intramolecular Hbond substituents is 1. The predicted octanol–water partition coefficient (Wildman–Crippen LogP) is 3.73. The quantitative estimate of drug-likeness (QED) is 0.883. The van der Waals surface area contributed by atoms with Gasteiger partial charge in [0.05, 0.1) is 17.8 Å². The molecule has 0 amide bonds. The molecule has 0 aromatic heterocycles. The van der Waals surface area contributed by atoms with Gasteiger partial charge in [0.2, 0.25) is 0 Å². The van der Waals surface area contributed by atoms with Crippen LogP contribution >= 0.6 is 11.6 Å². The van der Waals surface area contributed by atoms with Crippen molar-refractivity contribution in [2.45, 2.75) is 6.54 Å². The third-order valence-electron chi connectivity index (χ3n) is 3.20. The molecule has 2 N–H and O–H groups in total. The highest BCUT2D eigenvalue weighted by atomic mass is 35.5. The number of hydrogen-bond acceptors (Lipinski definition) is 4. The average Bonchev–Trinajstić information content (AvgIpc) is 2.46. The van der Waals surface area contributed by atoms with E-state index >= 15 is 0 Å². The highest BCUT2D eigenvalue weighted by Crippen LogP contribution is 2.28. The Bertz CT molecular complexity index is 630. The van der Waals surface area contributed by atoms with Gasteiger partial charge in [0.1, 0.15) is 11.5 Å². The molecule has 2 rings (SSSR count). The summed E-state index contributed by atoms with van der Waals surface area (Å²) < 4.78 is 5.16. The monoisotopic (exact) mass is 306 g/mol. The Labute approximate surface area is 129 Å². The van der Waals surface area contributed by atoms with Crippen molar-refractivity contribution in [2.75, 3.05) is 31.4 Å². The number of nitrogens with one attached hydrogen (secondary N) is 1. The number of anilines is 2. The third-order valence-corrected chi connectivity index (χ3v) is 3.50. The zero-order valence-electron chi connectivity index (χ0n) is 12.4. The van der Waals surface area contributed by atoms with E-state index in [-0.39, 0.29) is 5.75 Å². The van der Waals surface area contributed by atoms with Crippen LogP contribution in [0.3, 0.4) is 0 Å². The van der Waals surface area contributed by atoms with Crippen molar-refractivity contribution in [2.24, 2.45) is 0 Å². The minimum atomic E-state index is 0.235. The maximum atomic E-state index is 9.85. The van der Waals surface area contributed by atoms with E-state index in [9.17, 15) is 5.11 Å². The third kappa shape index (κ3) is 3.73. The molecule has 0 spiro atoms. The molecular weight excluding hydrogens is 288 g/mol. The van der Waals surface area contributed by atoms with Crippen molar-refractivity contribution in [1.29, 1.82) is 0 Å². The topological polar surface area (TPSA) is 44.7 Å². The van der Waals surface area contributed by atoms with Gasteiger partial charge in [0.15, 0.2) is 0 Å². The first-order chi connectivity index (χ1) is 10.0. The van der Waals surface area contributed by atoms with Crippen LogP contribution in [0.25, 0.3) is 0 Å². The van der Waals surface area contributed by atoms with Crippen LogP contribution in [0.15, 0.2) is 36.4 Å². The molecule has 0 atom stereocenters. The molecule has 0 fully saturated rings. The first-order valence-corrected chi connectivity index (χ1v) is 6.95. The van der Waals surface area contributed by atoms with Gasteiger partial charge in [-0.2, -0.15) is 0 Å². The lowest BCUT2D eigenvalue weighted by atomic mass is 10.2. The van der Waals surface area contributed by atoms with Crippen molar-refractivity contribution in [1.82, 2.24) is 0 Å². The van der Waals surface area contributed by atoms with Gasteiger partial charge in [-0.15, -0.1) is 0 Å². The molecule has 0 bridgehead atoms. The second kappa shape index (κ2) is 6.59. The van der Waals surface area contributed by atoms with Crippen molar-refractivity contribution >= 4 is 23.0 Å². The molecule has 0 aliphatic carbocycles. The van der Waals surface area contributed by atoms with Gasteiger partial charge in [0.25, 0.3) is 0 Å². The summed E-state index contributed by atoms with van der Waals surface area (Å²) in [6.07, 6.45) is 0. The molecule has 0 unspecified atom stereocenters. The lowest BCUT2D eigenvalue weighted by Gasteiger charge is -2.16. The highest BCUT2D eigenvalue weighted by Gasteiger charge is 2.06. The van der Waals surface area contributed by atoms with E-state index in [1.165, 1.54) is 0 Å². The fraction of sp³-hybridized carbons (Fsp3) is 0.250. The van der Waals surface area contributed by atoms with Crippen LogP contribution in [0.1, 0.15) is 5.56 Å². The standard InChI is InChI=1S/C16H19ClN2O2/c1-19(2)15-6-4-12(9-14(15)17)18-10-11-8-13(21-3)5-7-16(11)20/h4-9,18,20H,10H2,1-3H3. The maximum absolute atomic E-state index is 9.85. The Balaban J connectivity index is 2.11. The van der Waals surface area contributed by atoms with Gasteiger partial charge >= 0.3 is 0 Å². The fourth-order valence-electron chi connectivity index (χ4n) is 2.01. The Morgan fingerprint density at radius 2 is 1.95 bits per heavy atom. The van der Waals surface area contributed by atoms with Crippen molar-refractivity contribution in [3.8, 4) is 11.5 Å². The summed E-state index contributed by atoms with van der Waals surface area (Å²) >= 11 is 6.23. The van der Waals surface area contributed by atoms with E-state index in [0.717, 1.165) is 16.9 Å². The van der Waals surface area contributed by atoms with Gasteiger partial charge in [-0.25, -0.2) is 0 Å². The van der Waals surface area contributed by atoms with Crippen LogP contribution in [-0.4, -0.2) is 26.3 Å². The van der Waals surface area contributed by atoms with E-state index in [0.29, 0.717) is 17.3 Å². The van der Waals surface area contributed by atoms with Gasteiger partial charge in [-0.1, -0.05) is 11.6 Å². The molecule has 4 nitrogen and oxygen atoms in total. The number of phenols is 1. The van der Waals surface area contributed by atoms with Gasteiger partial charge in [-0.3, -0.25) is 0 Å². The number of ether oxygens (including phenoxy) is 1. The molecule has 5 heteroatoms. The molecule has 2 aromatic rings. The van der Waals surface area contributed by atoms with Crippen LogP contribution in [-0.2, 0) is 6.54 Å². The second-order valence-electron chi connectivity index (χ2n) is 4.91. The van der Waals surface area contributed by atoms with Gasteiger partial charge < -0.3 is 20.1 Å². The Morgan fingerprint density at radius 1 is 1.19 bits per heavy atom. The zero-order valence-corrected chi connectivity index (χ0v) is 13.1. The normalized spacial score (nSPS) is 10.3. The largest absolute Gasteiger partial charge is 0.508 e. The summed E-state index contributed by atoms with van der Waals surface area (Å²) in [7, 11) is 5.49. The number of rotatable bonds is 5. The second-order valence-corrected chi connectivity index (χ2v) is 5.32. The summed E-state index contributed by atoms with van der Waals surface area (Å²) in [6.45, 7) is 0.487. The fourth-order valence-corrected chi connectivity index (χ4v) is 2.36. The Morgan fingerprint density at radius 3 is 2.57 bits per heavy atom. The number of methoxy groups -OCH3 is 1. The van der Waals surface area contributed by atoms with Crippen molar-refractivity contribution in [3.63, 3.8) is 0 Å².